The Balaban J connectivity index is 2.29. The van der Waals surface area contributed by atoms with E-state index < -0.39 is 11.7 Å². The number of nitriles is 1. The Morgan fingerprint density at radius 3 is 2.52 bits per heavy atom. The standard InChI is InChI=1S/C14H9FN3O3/c15-11-4-1-9(2-5-11)14(19)17-13-7-12(18(20)21)6-3-10(13)8-16/h1-7,20H,(H,17,19)/q-1. The van der Waals surface area contributed by atoms with E-state index in [1.165, 1.54) is 24.3 Å². The summed E-state index contributed by atoms with van der Waals surface area (Å²) in [5.74, 6) is -1.05. The van der Waals surface area contributed by atoms with Crippen molar-refractivity contribution in [2.75, 3.05) is 10.5 Å². The molecule has 0 atom stereocenters. The largest absolute Gasteiger partial charge is 0.733 e. The monoisotopic (exact) mass is 286 g/mol. The number of nitrogens with one attached hydrogen (secondary N) is 1. The molecule has 2 N–H and O–H groups in total. The van der Waals surface area contributed by atoms with Gasteiger partial charge in [0.05, 0.1) is 16.9 Å². The van der Waals surface area contributed by atoms with E-state index in [4.69, 9.17) is 10.5 Å². The first-order valence-corrected chi connectivity index (χ1v) is 5.78. The second kappa shape index (κ2) is 6.00. The highest BCUT2D eigenvalue weighted by Gasteiger charge is 2.10. The number of benzene rings is 2. The molecule has 0 bridgehead atoms. The van der Waals surface area contributed by atoms with Gasteiger partial charge < -0.3 is 15.8 Å². The summed E-state index contributed by atoms with van der Waals surface area (Å²) < 4.78 is 12.8. The molecule has 2 aromatic carbocycles. The Hall–Kier alpha value is -2.95. The minimum Gasteiger partial charge on any atom is -0.733 e. The first kappa shape index (κ1) is 14.5. The van der Waals surface area contributed by atoms with E-state index in [2.05, 4.69) is 5.32 Å². The Labute approximate surface area is 119 Å². The quantitative estimate of drug-likeness (QED) is 0.845. The van der Waals surface area contributed by atoms with Crippen molar-refractivity contribution in [2.24, 2.45) is 0 Å². The maximum atomic E-state index is 12.8. The van der Waals surface area contributed by atoms with Crippen LogP contribution in [0, 0.1) is 22.4 Å². The summed E-state index contributed by atoms with van der Waals surface area (Å²) in [5, 5.41) is 30.7. The second-order valence-electron chi connectivity index (χ2n) is 4.08. The molecule has 6 nitrogen and oxygen atoms in total. The molecule has 0 heterocycles. The average Bonchev–Trinajstić information content (AvgIpc) is 2.47. The lowest BCUT2D eigenvalue weighted by atomic mass is 10.1. The summed E-state index contributed by atoms with van der Waals surface area (Å²) in [6.45, 7) is 0. The zero-order valence-corrected chi connectivity index (χ0v) is 10.6. The predicted octanol–water partition coefficient (Wildman–Crippen LogP) is 2.64. The zero-order chi connectivity index (χ0) is 15.4. The minimum atomic E-state index is -0.570. The number of hydrogen-bond donors (Lipinski definition) is 2. The molecule has 0 aliphatic heterocycles. The molecule has 2 aromatic rings. The predicted molar refractivity (Wildman–Crippen MR) is 73.1 cm³/mol. The van der Waals surface area contributed by atoms with Crippen molar-refractivity contribution in [3.8, 4) is 6.07 Å². The highest BCUT2D eigenvalue weighted by atomic mass is 19.1. The zero-order valence-electron chi connectivity index (χ0n) is 10.6. The summed E-state index contributed by atoms with van der Waals surface area (Å²) in [6.07, 6.45) is 0. The van der Waals surface area contributed by atoms with Gasteiger partial charge in [-0.3, -0.25) is 10.0 Å². The van der Waals surface area contributed by atoms with Gasteiger partial charge in [-0.2, -0.15) is 5.26 Å². The fourth-order valence-corrected chi connectivity index (χ4v) is 1.65. The Morgan fingerprint density at radius 1 is 1.29 bits per heavy atom. The number of carbonyl (C=O) groups is 1. The van der Waals surface area contributed by atoms with Crippen molar-refractivity contribution < 1.29 is 14.4 Å². The van der Waals surface area contributed by atoms with Crippen molar-refractivity contribution in [3.05, 3.63) is 64.6 Å². The molecule has 0 fully saturated rings. The lowest BCUT2D eigenvalue weighted by Crippen LogP contribution is -2.14. The first-order valence-electron chi connectivity index (χ1n) is 5.78. The molecule has 0 aliphatic rings. The van der Waals surface area contributed by atoms with Crippen molar-refractivity contribution in [1.82, 2.24) is 0 Å². The van der Waals surface area contributed by atoms with E-state index in [1.807, 2.05) is 6.07 Å². The number of nitrogens with zero attached hydrogens (tertiary/aromatic N) is 2. The third-order valence-electron chi connectivity index (χ3n) is 2.70. The molecule has 0 aromatic heterocycles. The summed E-state index contributed by atoms with van der Waals surface area (Å²) in [6, 6.07) is 10.4. The Bertz CT molecular complexity index is 708. The van der Waals surface area contributed by atoms with Crippen LogP contribution < -0.4 is 10.5 Å². The molecule has 106 valence electrons. The Morgan fingerprint density at radius 2 is 1.95 bits per heavy atom. The number of halogens is 1. The van der Waals surface area contributed by atoms with E-state index in [0.29, 0.717) is 0 Å². The molecule has 0 radical (unpaired) electrons. The van der Waals surface area contributed by atoms with Gasteiger partial charge in [-0.25, -0.2) is 4.39 Å². The highest BCUT2D eigenvalue weighted by molar-refractivity contribution is 6.05. The molecule has 0 spiro atoms. The van der Waals surface area contributed by atoms with Crippen LogP contribution in [0.2, 0.25) is 0 Å². The lowest BCUT2D eigenvalue weighted by Gasteiger charge is -2.22. The topological polar surface area (TPSA) is 99.4 Å². The van der Waals surface area contributed by atoms with Crippen molar-refractivity contribution >= 4 is 17.3 Å². The molecular weight excluding hydrogens is 277 g/mol. The van der Waals surface area contributed by atoms with Crippen LogP contribution in [0.4, 0.5) is 15.8 Å². The van der Waals surface area contributed by atoms with E-state index in [1.54, 1.807) is 0 Å². The van der Waals surface area contributed by atoms with Crippen molar-refractivity contribution in [2.45, 2.75) is 0 Å². The molecule has 0 saturated carbocycles. The van der Waals surface area contributed by atoms with E-state index in [0.717, 1.165) is 18.2 Å². The van der Waals surface area contributed by atoms with Crippen LogP contribution in [0.3, 0.4) is 0 Å². The van der Waals surface area contributed by atoms with Crippen LogP contribution in [-0.2, 0) is 0 Å². The summed E-state index contributed by atoms with van der Waals surface area (Å²) >= 11 is 0. The second-order valence-corrected chi connectivity index (χ2v) is 4.08. The van der Waals surface area contributed by atoms with Crippen LogP contribution in [0.15, 0.2) is 42.5 Å². The van der Waals surface area contributed by atoms with Crippen LogP contribution in [0.25, 0.3) is 0 Å². The third-order valence-corrected chi connectivity index (χ3v) is 2.70. The highest BCUT2D eigenvalue weighted by Crippen LogP contribution is 2.23. The maximum absolute atomic E-state index is 12.8. The fraction of sp³-hybridized carbons (Fsp3) is 0. The lowest BCUT2D eigenvalue weighted by molar-refractivity contribution is 0.102. The number of rotatable bonds is 3. The van der Waals surface area contributed by atoms with Gasteiger partial charge in [-0.05, 0) is 42.5 Å². The van der Waals surface area contributed by atoms with Gasteiger partial charge in [0.1, 0.15) is 11.9 Å². The van der Waals surface area contributed by atoms with Crippen molar-refractivity contribution in [3.63, 3.8) is 0 Å². The SMILES string of the molecule is N#Cc1ccc(N([O-])O)cc1NC(=O)c1ccc(F)cc1. The van der Waals surface area contributed by atoms with Gasteiger partial charge in [0, 0.05) is 5.56 Å². The van der Waals surface area contributed by atoms with E-state index in [9.17, 15) is 14.4 Å². The Kier molecular flexibility index (Phi) is 4.13. The maximum Gasteiger partial charge on any atom is 0.255 e. The van der Waals surface area contributed by atoms with Crippen LogP contribution in [0.1, 0.15) is 15.9 Å². The van der Waals surface area contributed by atoms with Gasteiger partial charge in [0.25, 0.3) is 5.91 Å². The molecular formula is C14H9FN3O3-. The summed E-state index contributed by atoms with van der Waals surface area (Å²) in [7, 11) is 0. The average molecular weight is 286 g/mol. The molecule has 0 unspecified atom stereocenters. The van der Waals surface area contributed by atoms with Crippen LogP contribution in [0.5, 0.6) is 0 Å². The van der Waals surface area contributed by atoms with Gasteiger partial charge in [-0.1, -0.05) is 0 Å². The third kappa shape index (κ3) is 3.33. The fourth-order valence-electron chi connectivity index (χ4n) is 1.65. The molecule has 0 saturated heterocycles. The smallest absolute Gasteiger partial charge is 0.255 e. The van der Waals surface area contributed by atoms with Gasteiger partial charge in [0.2, 0.25) is 0 Å². The van der Waals surface area contributed by atoms with E-state index in [-0.39, 0.29) is 27.7 Å². The van der Waals surface area contributed by atoms with Crippen molar-refractivity contribution in [1.29, 1.82) is 5.26 Å². The van der Waals surface area contributed by atoms with Gasteiger partial charge in [-0.15, -0.1) is 0 Å². The number of anilines is 2. The van der Waals surface area contributed by atoms with Crippen LogP contribution in [-0.4, -0.2) is 11.1 Å². The minimum absolute atomic E-state index is 0.0687. The summed E-state index contributed by atoms with van der Waals surface area (Å²) in [4.78, 5) is 12.0. The van der Waals surface area contributed by atoms with Gasteiger partial charge >= 0.3 is 0 Å². The molecule has 21 heavy (non-hydrogen) atoms. The molecule has 1 amide bonds. The first-order chi connectivity index (χ1) is 10.0. The normalized spacial score (nSPS) is 9.81. The summed E-state index contributed by atoms with van der Waals surface area (Å²) in [5.41, 5.74) is 0.243. The number of carbonyl (C=O) groups excluding carboxylic acids is 1. The van der Waals surface area contributed by atoms with Crippen LogP contribution >= 0.6 is 0 Å². The van der Waals surface area contributed by atoms with Gasteiger partial charge in [0.15, 0.2) is 0 Å². The molecule has 7 heteroatoms. The number of amides is 1. The molecule has 0 aliphatic carbocycles. The van der Waals surface area contributed by atoms with E-state index >= 15 is 0 Å². The molecule has 2 rings (SSSR count). The number of hydrogen-bond acceptors (Lipinski definition) is 5.